The van der Waals surface area contributed by atoms with Crippen molar-refractivity contribution < 1.29 is 19.8 Å². The number of aryl methyl sites for hydroxylation is 2. The van der Waals surface area contributed by atoms with Crippen LogP contribution < -0.4 is 10.7 Å². The first-order valence-electron chi connectivity index (χ1n) is 11.8. The van der Waals surface area contributed by atoms with E-state index in [0.717, 1.165) is 16.7 Å². The number of nitrogens with one attached hydrogen (secondary N) is 2. The Kier molecular flexibility index (Phi) is 10.3. The molecule has 37 heavy (non-hydrogen) atoms. The molecule has 0 saturated heterocycles. The summed E-state index contributed by atoms with van der Waals surface area (Å²) in [6, 6.07) is 17.5. The standard InChI is InChI=1S/C28H31ClN4O4/c1-19-6-7-21(14-20(19)2)17-30-32-28(37)25-16-24(29)8-9-26(25)31-27(36)23-5-3-4-22(15-23)18-33(10-12-34)11-13-35/h3-9,14-17,34-35H,10-13,18H2,1-2H3,(H,31,36)(H,32,37). The van der Waals surface area contributed by atoms with Crippen molar-refractivity contribution in [2.75, 3.05) is 31.6 Å². The number of benzene rings is 3. The lowest BCUT2D eigenvalue weighted by atomic mass is 10.1. The Labute approximate surface area is 221 Å². The first-order chi connectivity index (χ1) is 17.8. The third kappa shape index (κ3) is 8.23. The van der Waals surface area contributed by atoms with Crippen LogP contribution in [0.4, 0.5) is 5.69 Å². The van der Waals surface area contributed by atoms with E-state index < -0.39 is 11.8 Å². The van der Waals surface area contributed by atoms with Crippen molar-refractivity contribution in [3.8, 4) is 0 Å². The maximum atomic E-state index is 13.0. The number of anilines is 1. The summed E-state index contributed by atoms with van der Waals surface area (Å²) in [4.78, 5) is 27.8. The fourth-order valence-electron chi connectivity index (χ4n) is 3.70. The van der Waals surface area contributed by atoms with Crippen molar-refractivity contribution in [3.63, 3.8) is 0 Å². The number of amides is 2. The highest BCUT2D eigenvalue weighted by Crippen LogP contribution is 2.22. The minimum atomic E-state index is -0.518. The fraction of sp³-hybridized carbons (Fsp3) is 0.250. The van der Waals surface area contributed by atoms with Crippen molar-refractivity contribution in [3.05, 3.63) is 99.1 Å². The highest BCUT2D eigenvalue weighted by Gasteiger charge is 2.16. The number of carbonyl (C=O) groups excluding carboxylic acids is 2. The van der Waals surface area contributed by atoms with E-state index in [-0.39, 0.29) is 18.8 Å². The van der Waals surface area contributed by atoms with E-state index in [2.05, 4.69) is 15.8 Å². The molecule has 4 N–H and O–H groups in total. The van der Waals surface area contributed by atoms with Gasteiger partial charge >= 0.3 is 0 Å². The van der Waals surface area contributed by atoms with Gasteiger partial charge in [0.2, 0.25) is 0 Å². The Bertz CT molecular complexity index is 1270. The van der Waals surface area contributed by atoms with Crippen LogP contribution in [-0.2, 0) is 6.54 Å². The minimum absolute atomic E-state index is 0.0315. The van der Waals surface area contributed by atoms with Gasteiger partial charge in [0.05, 0.1) is 30.7 Å². The zero-order valence-corrected chi connectivity index (χ0v) is 21.6. The summed E-state index contributed by atoms with van der Waals surface area (Å²) in [5, 5.41) is 25.6. The Hall–Kier alpha value is -3.56. The number of aliphatic hydroxyl groups excluding tert-OH is 2. The van der Waals surface area contributed by atoms with Gasteiger partial charge in [0.25, 0.3) is 11.8 Å². The van der Waals surface area contributed by atoms with Crippen LogP contribution in [0.1, 0.15) is 43.0 Å². The number of nitrogens with zero attached hydrogens (tertiary/aromatic N) is 2. The maximum Gasteiger partial charge on any atom is 0.273 e. The van der Waals surface area contributed by atoms with Crippen LogP contribution in [0.5, 0.6) is 0 Å². The molecule has 0 aliphatic heterocycles. The lowest BCUT2D eigenvalue weighted by molar-refractivity contribution is 0.0956. The van der Waals surface area contributed by atoms with Gasteiger partial charge < -0.3 is 15.5 Å². The second kappa shape index (κ2) is 13.7. The molecule has 0 bridgehead atoms. The first-order valence-corrected chi connectivity index (χ1v) is 12.2. The third-order valence-corrected chi connectivity index (χ3v) is 6.05. The van der Waals surface area contributed by atoms with Gasteiger partial charge in [0.15, 0.2) is 0 Å². The summed E-state index contributed by atoms with van der Waals surface area (Å²) in [6.07, 6.45) is 1.55. The molecule has 2 amide bonds. The molecule has 0 fully saturated rings. The van der Waals surface area contributed by atoms with E-state index >= 15 is 0 Å². The Morgan fingerprint density at radius 3 is 2.41 bits per heavy atom. The molecule has 0 unspecified atom stereocenters. The molecule has 0 heterocycles. The molecule has 0 aliphatic rings. The van der Waals surface area contributed by atoms with Gasteiger partial charge in [0, 0.05) is 30.2 Å². The van der Waals surface area contributed by atoms with Gasteiger partial charge in [-0.15, -0.1) is 0 Å². The molecule has 9 heteroatoms. The normalized spacial score (nSPS) is 11.2. The number of carbonyl (C=O) groups is 2. The molecule has 3 aromatic carbocycles. The molecule has 3 rings (SSSR count). The predicted octanol–water partition coefficient (Wildman–Crippen LogP) is 3.76. The van der Waals surface area contributed by atoms with Crippen LogP contribution in [0.2, 0.25) is 5.02 Å². The summed E-state index contributed by atoms with van der Waals surface area (Å²) in [6.45, 7) is 5.25. The van der Waals surface area contributed by atoms with E-state index in [1.807, 2.05) is 43.0 Å². The summed E-state index contributed by atoms with van der Waals surface area (Å²) in [7, 11) is 0. The van der Waals surface area contributed by atoms with E-state index in [1.54, 1.807) is 36.5 Å². The molecule has 8 nitrogen and oxygen atoms in total. The molecule has 0 spiro atoms. The first kappa shape index (κ1) is 28.0. The molecule has 0 radical (unpaired) electrons. The van der Waals surface area contributed by atoms with Crippen LogP contribution in [-0.4, -0.2) is 59.4 Å². The Morgan fingerprint density at radius 1 is 0.946 bits per heavy atom. The zero-order valence-electron chi connectivity index (χ0n) is 20.9. The molecule has 0 atom stereocenters. The van der Waals surface area contributed by atoms with Gasteiger partial charge in [-0.2, -0.15) is 5.10 Å². The summed E-state index contributed by atoms with van der Waals surface area (Å²) >= 11 is 6.13. The number of rotatable bonds is 11. The lowest BCUT2D eigenvalue weighted by Crippen LogP contribution is -2.29. The van der Waals surface area contributed by atoms with E-state index in [0.29, 0.717) is 35.9 Å². The predicted molar refractivity (Wildman–Crippen MR) is 146 cm³/mol. The topological polar surface area (TPSA) is 114 Å². The number of aliphatic hydroxyl groups is 2. The number of hydrogen-bond acceptors (Lipinski definition) is 6. The van der Waals surface area contributed by atoms with Crippen molar-refractivity contribution in [2.24, 2.45) is 5.10 Å². The third-order valence-electron chi connectivity index (χ3n) is 5.81. The SMILES string of the molecule is Cc1ccc(C=NNC(=O)c2cc(Cl)ccc2NC(=O)c2cccc(CN(CCO)CCO)c2)cc1C. The van der Waals surface area contributed by atoms with Crippen LogP contribution in [0.25, 0.3) is 0 Å². The van der Waals surface area contributed by atoms with Crippen molar-refractivity contribution in [1.82, 2.24) is 10.3 Å². The Balaban J connectivity index is 1.73. The molecular formula is C28H31ClN4O4. The summed E-state index contributed by atoms with van der Waals surface area (Å²) in [5.41, 5.74) is 7.34. The number of halogens is 1. The van der Waals surface area contributed by atoms with Gasteiger partial charge in [-0.3, -0.25) is 14.5 Å². The quantitative estimate of drug-likeness (QED) is 0.226. The zero-order chi connectivity index (χ0) is 26.8. The van der Waals surface area contributed by atoms with Gasteiger partial charge in [-0.25, -0.2) is 5.43 Å². The van der Waals surface area contributed by atoms with Crippen LogP contribution in [0.3, 0.4) is 0 Å². The van der Waals surface area contributed by atoms with Crippen molar-refractivity contribution in [2.45, 2.75) is 20.4 Å². The van der Waals surface area contributed by atoms with Gasteiger partial charge in [-0.05, 0) is 66.4 Å². The van der Waals surface area contributed by atoms with E-state index in [4.69, 9.17) is 11.6 Å². The molecule has 0 aromatic heterocycles. The summed E-state index contributed by atoms with van der Waals surface area (Å²) in [5.74, 6) is -0.914. The largest absolute Gasteiger partial charge is 0.395 e. The monoisotopic (exact) mass is 522 g/mol. The molecule has 194 valence electrons. The second-order valence-electron chi connectivity index (χ2n) is 8.61. The minimum Gasteiger partial charge on any atom is -0.395 e. The van der Waals surface area contributed by atoms with Crippen LogP contribution >= 0.6 is 11.6 Å². The highest BCUT2D eigenvalue weighted by molar-refractivity contribution is 6.31. The lowest BCUT2D eigenvalue weighted by Gasteiger charge is -2.20. The number of hydrogen-bond donors (Lipinski definition) is 4. The smallest absolute Gasteiger partial charge is 0.273 e. The van der Waals surface area contributed by atoms with Crippen molar-refractivity contribution >= 4 is 35.3 Å². The van der Waals surface area contributed by atoms with E-state index in [1.165, 1.54) is 11.6 Å². The molecule has 0 aliphatic carbocycles. The average Bonchev–Trinajstić information content (AvgIpc) is 2.87. The van der Waals surface area contributed by atoms with Gasteiger partial charge in [0.1, 0.15) is 0 Å². The molecular weight excluding hydrogens is 492 g/mol. The maximum absolute atomic E-state index is 13.0. The summed E-state index contributed by atoms with van der Waals surface area (Å²) < 4.78 is 0. The number of hydrazone groups is 1. The van der Waals surface area contributed by atoms with Crippen molar-refractivity contribution in [1.29, 1.82) is 0 Å². The van der Waals surface area contributed by atoms with Gasteiger partial charge in [-0.1, -0.05) is 41.9 Å². The second-order valence-corrected chi connectivity index (χ2v) is 9.05. The highest BCUT2D eigenvalue weighted by atomic mass is 35.5. The average molecular weight is 523 g/mol. The fourth-order valence-corrected chi connectivity index (χ4v) is 3.87. The molecule has 3 aromatic rings. The van der Waals surface area contributed by atoms with Crippen LogP contribution in [0, 0.1) is 13.8 Å². The molecule has 0 saturated carbocycles. The van der Waals surface area contributed by atoms with E-state index in [9.17, 15) is 19.8 Å². The van der Waals surface area contributed by atoms with Crippen LogP contribution in [0.15, 0.2) is 65.8 Å². The Morgan fingerprint density at radius 2 is 1.70 bits per heavy atom.